The topological polar surface area (TPSA) is 117 Å². The fourth-order valence-electron chi connectivity index (χ4n) is 2.22. The third-order valence-electron chi connectivity index (χ3n) is 3.52. The van der Waals surface area contributed by atoms with E-state index in [1.165, 1.54) is 6.33 Å². The van der Waals surface area contributed by atoms with Crippen LogP contribution in [0.15, 0.2) is 34.9 Å². The van der Waals surface area contributed by atoms with E-state index in [4.69, 9.17) is 10.5 Å². The van der Waals surface area contributed by atoms with Gasteiger partial charge in [-0.2, -0.15) is 4.68 Å². The molecule has 0 radical (unpaired) electrons. The number of rotatable bonds is 5. The van der Waals surface area contributed by atoms with Crippen LogP contribution < -0.4 is 11.4 Å². The van der Waals surface area contributed by atoms with Gasteiger partial charge >= 0.3 is 5.69 Å². The number of fused-ring (bicyclic) bond motifs is 1. The van der Waals surface area contributed by atoms with Crippen molar-refractivity contribution in [3.8, 4) is 0 Å². The third-order valence-corrected chi connectivity index (χ3v) is 3.52. The van der Waals surface area contributed by atoms with Gasteiger partial charge in [0.15, 0.2) is 11.3 Å². The van der Waals surface area contributed by atoms with Crippen molar-refractivity contribution < 1.29 is 9.53 Å². The van der Waals surface area contributed by atoms with Gasteiger partial charge in [-0.25, -0.2) is 14.2 Å². The van der Waals surface area contributed by atoms with Crippen LogP contribution >= 0.6 is 0 Å². The number of ether oxygens (including phenoxy) is 1. The fourth-order valence-corrected chi connectivity index (χ4v) is 2.22. The Bertz CT molecular complexity index is 863. The van der Waals surface area contributed by atoms with Gasteiger partial charge in [-0.3, -0.25) is 4.79 Å². The lowest BCUT2D eigenvalue weighted by molar-refractivity contribution is 0.0795. The van der Waals surface area contributed by atoms with Crippen LogP contribution in [-0.4, -0.2) is 36.9 Å². The normalized spacial score (nSPS) is 17.4. The van der Waals surface area contributed by atoms with Crippen LogP contribution in [-0.2, 0) is 11.5 Å². The Labute approximate surface area is 131 Å². The first-order valence-electron chi connectivity index (χ1n) is 7.12. The van der Waals surface area contributed by atoms with Crippen molar-refractivity contribution in [2.75, 3.05) is 6.61 Å². The van der Waals surface area contributed by atoms with Crippen molar-refractivity contribution in [2.24, 2.45) is 11.7 Å². The highest BCUT2D eigenvalue weighted by Gasteiger charge is 2.15. The number of imidazole rings is 1. The van der Waals surface area contributed by atoms with E-state index >= 15 is 0 Å². The molecule has 0 bridgehead atoms. The SMILES string of the molecule is CC1C=CC(COCn2nnc3c(C(N)=O)ncn3c2=O)=CC1. The number of hydrogen-bond donors (Lipinski definition) is 1. The van der Waals surface area contributed by atoms with Gasteiger partial charge in [-0.1, -0.05) is 30.4 Å². The van der Waals surface area contributed by atoms with Gasteiger partial charge in [0.2, 0.25) is 0 Å². The molecular formula is C14H16N6O3. The monoisotopic (exact) mass is 316 g/mol. The lowest BCUT2D eigenvalue weighted by Crippen LogP contribution is -2.31. The van der Waals surface area contributed by atoms with Crippen LogP contribution in [0.4, 0.5) is 0 Å². The van der Waals surface area contributed by atoms with E-state index in [9.17, 15) is 9.59 Å². The van der Waals surface area contributed by atoms with Gasteiger partial charge in [0.1, 0.15) is 13.1 Å². The summed E-state index contributed by atoms with van der Waals surface area (Å²) in [5, 5.41) is 7.54. The summed E-state index contributed by atoms with van der Waals surface area (Å²) in [6.07, 6.45) is 8.41. The lowest BCUT2D eigenvalue weighted by atomic mass is 9.99. The number of aromatic nitrogens is 5. The molecule has 0 aliphatic heterocycles. The van der Waals surface area contributed by atoms with Crippen molar-refractivity contribution in [2.45, 2.75) is 20.1 Å². The maximum Gasteiger partial charge on any atom is 0.355 e. The Morgan fingerprint density at radius 1 is 1.52 bits per heavy atom. The molecule has 2 heterocycles. The van der Waals surface area contributed by atoms with E-state index in [1.807, 2.05) is 6.08 Å². The second-order valence-electron chi connectivity index (χ2n) is 5.35. The van der Waals surface area contributed by atoms with Crippen molar-refractivity contribution in [3.05, 3.63) is 46.3 Å². The summed E-state index contributed by atoms with van der Waals surface area (Å²) in [7, 11) is 0. The predicted octanol–water partition coefficient (Wildman–Crippen LogP) is -0.119. The van der Waals surface area contributed by atoms with E-state index < -0.39 is 11.6 Å². The molecule has 1 unspecified atom stereocenters. The van der Waals surface area contributed by atoms with E-state index in [-0.39, 0.29) is 18.1 Å². The third kappa shape index (κ3) is 3.04. The zero-order valence-corrected chi connectivity index (χ0v) is 12.5. The van der Waals surface area contributed by atoms with E-state index in [2.05, 4.69) is 34.4 Å². The number of hydrogen-bond acceptors (Lipinski definition) is 6. The second kappa shape index (κ2) is 6.13. The molecule has 0 spiro atoms. The first-order valence-corrected chi connectivity index (χ1v) is 7.12. The molecule has 0 saturated carbocycles. The average Bonchev–Trinajstić information content (AvgIpc) is 2.96. The van der Waals surface area contributed by atoms with E-state index in [0.29, 0.717) is 12.5 Å². The van der Waals surface area contributed by atoms with Crippen LogP contribution in [0.3, 0.4) is 0 Å². The summed E-state index contributed by atoms with van der Waals surface area (Å²) < 4.78 is 7.65. The molecular weight excluding hydrogens is 300 g/mol. The van der Waals surface area contributed by atoms with Crippen LogP contribution in [0.1, 0.15) is 23.8 Å². The maximum atomic E-state index is 12.2. The first kappa shape index (κ1) is 15.1. The summed E-state index contributed by atoms with van der Waals surface area (Å²) in [5.74, 6) is -0.226. The molecule has 9 heteroatoms. The molecule has 0 aromatic carbocycles. The number of amides is 1. The van der Waals surface area contributed by atoms with Crippen LogP contribution in [0, 0.1) is 5.92 Å². The minimum Gasteiger partial charge on any atom is -0.364 e. The molecule has 1 aliphatic rings. The van der Waals surface area contributed by atoms with Crippen molar-refractivity contribution in [1.29, 1.82) is 0 Å². The Morgan fingerprint density at radius 3 is 3.04 bits per heavy atom. The van der Waals surface area contributed by atoms with Crippen LogP contribution in [0.25, 0.3) is 5.65 Å². The fraction of sp³-hybridized carbons (Fsp3) is 0.357. The van der Waals surface area contributed by atoms with Crippen molar-refractivity contribution in [1.82, 2.24) is 24.4 Å². The summed E-state index contributed by atoms with van der Waals surface area (Å²) in [5.41, 5.74) is 5.66. The highest BCUT2D eigenvalue weighted by atomic mass is 16.5. The Hall–Kier alpha value is -2.81. The summed E-state index contributed by atoms with van der Waals surface area (Å²) in [6, 6.07) is 0. The standard InChI is InChI=1S/C14H16N6O3/c1-9-2-4-10(5-3-9)6-23-8-20-14(22)19-7-16-11(12(15)21)13(19)17-18-20/h2,4-5,7,9H,3,6,8H2,1H3,(H2,15,21). The molecule has 3 rings (SSSR count). The van der Waals surface area contributed by atoms with Gasteiger partial charge in [0, 0.05) is 0 Å². The number of nitrogens with two attached hydrogens (primary N) is 1. The number of allylic oxidation sites excluding steroid dienone is 2. The van der Waals surface area contributed by atoms with Gasteiger partial charge in [-0.05, 0) is 17.9 Å². The Balaban J connectivity index is 1.72. The first-order chi connectivity index (χ1) is 11.1. The molecule has 1 aliphatic carbocycles. The molecule has 120 valence electrons. The Morgan fingerprint density at radius 2 is 2.35 bits per heavy atom. The molecule has 2 aromatic rings. The molecule has 1 amide bonds. The molecule has 9 nitrogen and oxygen atoms in total. The predicted molar refractivity (Wildman–Crippen MR) is 80.5 cm³/mol. The number of primary amides is 1. The average molecular weight is 316 g/mol. The summed E-state index contributed by atoms with van der Waals surface area (Å²) in [4.78, 5) is 27.2. The summed E-state index contributed by atoms with van der Waals surface area (Å²) in [6.45, 7) is 2.47. The molecule has 2 N–H and O–H groups in total. The van der Waals surface area contributed by atoms with Gasteiger partial charge < -0.3 is 10.5 Å². The second-order valence-corrected chi connectivity index (χ2v) is 5.35. The lowest BCUT2D eigenvalue weighted by Gasteiger charge is -2.12. The molecule has 23 heavy (non-hydrogen) atoms. The quantitative estimate of drug-likeness (QED) is 0.822. The molecule has 0 fully saturated rings. The van der Waals surface area contributed by atoms with Gasteiger partial charge in [0.05, 0.1) is 6.61 Å². The zero-order valence-electron chi connectivity index (χ0n) is 12.5. The van der Waals surface area contributed by atoms with Gasteiger partial charge in [0.25, 0.3) is 5.91 Å². The minimum absolute atomic E-state index is 0.0330. The highest BCUT2D eigenvalue weighted by Crippen LogP contribution is 2.15. The van der Waals surface area contributed by atoms with Crippen molar-refractivity contribution in [3.63, 3.8) is 0 Å². The maximum absolute atomic E-state index is 12.2. The van der Waals surface area contributed by atoms with Crippen molar-refractivity contribution >= 4 is 11.6 Å². The highest BCUT2D eigenvalue weighted by molar-refractivity contribution is 5.96. The largest absolute Gasteiger partial charge is 0.364 e. The molecule has 0 saturated heterocycles. The Kier molecular flexibility index (Phi) is 4.02. The zero-order chi connectivity index (χ0) is 16.4. The number of nitrogens with zero attached hydrogens (tertiary/aromatic N) is 5. The van der Waals surface area contributed by atoms with Crippen LogP contribution in [0.2, 0.25) is 0 Å². The molecule has 1 atom stereocenters. The van der Waals surface area contributed by atoms with E-state index in [0.717, 1.165) is 21.1 Å². The van der Waals surface area contributed by atoms with Crippen LogP contribution in [0.5, 0.6) is 0 Å². The van der Waals surface area contributed by atoms with E-state index in [1.54, 1.807) is 0 Å². The smallest absolute Gasteiger partial charge is 0.355 e. The number of carbonyl (C=O) groups excluding carboxylic acids is 1. The molecule has 2 aromatic heterocycles. The number of carbonyl (C=O) groups is 1. The minimum atomic E-state index is -0.763. The summed E-state index contributed by atoms with van der Waals surface area (Å²) >= 11 is 0. The van der Waals surface area contributed by atoms with Gasteiger partial charge in [-0.15, -0.1) is 5.10 Å².